The lowest BCUT2D eigenvalue weighted by Gasteiger charge is -2.38. The smallest absolute Gasteiger partial charge is 0.178 e. The second-order valence-electron chi connectivity index (χ2n) is 6.41. The molecule has 1 aromatic carbocycles. The van der Waals surface area contributed by atoms with Gasteiger partial charge in [0.25, 0.3) is 0 Å². The van der Waals surface area contributed by atoms with E-state index < -0.39 is 0 Å². The van der Waals surface area contributed by atoms with Crippen molar-refractivity contribution in [3.8, 4) is 0 Å². The van der Waals surface area contributed by atoms with Crippen LogP contribution in [0.3, 0.4) is 0 Å². The first-order chi connectivity index (χ1) is 9.88. The molecule has 0 unspecified atom stereocenters. The van der Waals surface area contributed by atoms with Gasteiger partial charge in [-0.1, -0.05) is 6.92 Å². The van der Waals surface area contributed by atoms with Gasteiger partial charge in [0.15, 0.2) is 4.77 Å². The maximum absolute atomic E-state index is 13.8. The van der Waals surface area contributed by atoms with E-state index in [1.807, 2.05) is 4.57 Å². The van der Waals surface area contributed by atoms with E-state index in [1.165, 1.54) is 0 Å². The molecule has 1 N–H and O–H groups in total. The van der Waals surface area contributed by atoms with Crippen LogP contribution in [0.5, 0.6) is 0 Å². The number of aromatic amines is 1. The molecular formula is C15H19BrFN3S. The Morgan fingerprint density at radius 2 is 2.05 bits per heavy atom. The van der Waals surface area contributed by atoms with Crippen LogP contribution in [0.25, 0.3) is 11.0 Å². The van der Waals surface area contributed by atoms with E-state index in [4.69, 9.17) is 12.2 Å². The highest BCUT2D eigenvalue weighted by molar-refractivity contribution is 9.10. The molecule has 0 spiro atoms. The van der Waals surface area contributed by atoms with Crippen molar-refractivity contribution >= 4 is 39.2 Å². The number of nitrogens with zero attached hydrogens (tertiary/aromatic N) is 2. The third-order valence-corrected chi connectivity index (χ3v) is 5.48. The van der Waals surface area contributed by atoms with Gasteiger partial charge >= 0.3 is 0 Å². The van der Waals surface area contributed by atoms with Crippen molar-refractivity contribution in [3.63, 3.8) is 0 Å². The summed E-state index contributed by atoms with van der Waals surface area (Å²) in [7, 11) is 2.16. The highest BCUT2D eigenvalue weighted by atomic mass is 79.9. The minimum Gasteiger partial charge on any atom is -0.331 e. The van der Waals surface area contributed by atoms with Crippen LogP contribution in [0.2, 0.25) is 0 Å². The van der Waals surface area contributed by atoms with Gasteiger partial charge in [0.05, 0.1) is 15.5 Å². The molecule has 1 aliphatic rings. The van der Waals surface area contributed by atoms with Crippen molar-refractivity contribution in [3.05, 3.63) is 27.2 Å². The van der Waals surface area contributed by atoms with Gasteiger partial charge in [0, 0.05) is 12.6 Å². The predicted octanol–water partition coefficient (Wildman–Crippen LogP) is 4.33. The Labute approximate surface area is 137 Å². The summed E-state index contributed by atoms with van der Waals surface area (Å²) in [5.41, 5.74) is 1.94. The quantitative estimate of drug-likeness (QED) is 0.794. The number of fused-ring (bicyclic) bond motifs is 1. The first-order valence-corrected chi connectivity index (χ1v) is 8.34. The Bertz CT molecular complexity index is 728. The van der Waals surface area contributed by atoms with Gasteiger partial charge in [-0.15, -0.1) is 0 Å². The van der Waals surface area contributed by atoms with Crippen LogP contribution >= 0.6 is 28.1 Å². The molecule has 0 saturated carbocycles. The number of imidazole rings is 1. The van der Waals surface area contributed by atoms with E-state index in [9.17, 15) is 4.39 Å². The van der Waals surface area contributed by atoms with Crippen LogP contribution in [0.1, 0.15) is 19.8 Å². The Hall–Kier alpha value is -0.720. The molecule has 3 nitrogen and oxygen atoms in total. The topological polar surface area (TPSA) is 24.0 Å². The van der Waals surface area contributed by atoms with Crippen LogP contribution in [0, 0.1) is 16.0 Å². The van der Waals surface area contributed by atoms with Crippen LogP contribution in [-0.2, 0) is 6.54 Å². The molecule has 1 aliphatic heterocycles. The number of nitrogens with one attached hydrogen (secondary N) is 1. The standard InChI is InChI=1S/C15H19BrFN3S/c1-15(3-5-19(2)6-4-15)9-20-13-8-11(17)10(16)7-12(13)18-14(20)21/h7-8H,3-6,9H2,1-2H3,(H,18,21). The fourth-order valence-electron chi connectivity index (χ4n) is 3.01. The summed E-state index contributed by atoms with van der Waals surface area (Å²) < 4.78 is 17.0. The zero-order chi connectivity index (χ0) is 15.2. The molecule has 0 amide bonds. The maximum Gasteiger partial charge on any atom is 0.178 e. The van der Waals surface area contributed by atoms with E-state index >= 15 is 0 Å². The largest absolute Gasteiger partial charge is 0.331 e. The molecule has 3 rings (SSSR count). The number of rotatable bonds is 2. The van der Waals surface area contributed by atoms with Gasteiger partial charge in [-0.3, -0.25) is 0 Å². The lowest BCUT2D eigenvalue weighted by atomic mass is 9.80. The average Bonchev–Trinajstić information content (AvgIpc) is 2.71. The van der Waals surface area contributed by atoms with E-state index in [0.717, 1.165) is 43.5 Å². The van der Waals surface area contributed by atoms with E-state index in [-0.39, 0.29) is 11.2 Å². The van der Waals surface area contributed by atoms with E-state index in [0.29, 0.717) is 9.24 Å². The van der Waals surface area contributed by atoms with E-state index in [1.54, 1.807) is 12.1 Å². The summed E-state index contributed by atoms with van der Waals surface area (Å²) in [5.74, 6) is -0.251. The minimum absolute atomic E-state index is 0.212. The third kappa shape index (κ3) is 2.94. The molecule has 0 aliphatic carbocycles. The Morgan fingerprint density at radius 3 is 2.71 bits per heavy atom. The number of likely N-dealkylation sites (tertiary alicyclic amines) is 1. The monoisotopic (exact) mass is 371 g/mol. The second-order valence-corrected chi connectivity index (χ2v) is 7.65. The summed E-state index contributed by atoms with van der Waals surface area (Å²) in [6.07, 6.45) is 2.27. The molecule has 2 heterocycles. The summed E-state index contributed by atoms with van der Waals surface area (Å²) in [6.45, 7) is 5.34. The number of hydrogen-bond donors (Lipinski definition) is 1. The van der Waals surface area contributed by atoms with Gasteiger partial charge in [-0.25, -0.2) is 4.39 Å². The average molecular weight is 372 g/mol. The molecule has 0 atom stereocenters. The molecule has 0 bridgehead atoms. The first kappa shape index (κ1) is 15.2. The van der Waals surface area contributed by atoms with Crippen LogP contribution in [0.15, 0.2) is 16.6 Å². The lowest BCUT2D eigenvalue weighted by Crippen LogP contribution is -2.38. The molecule has 114 valence electrons. The van der Waals surface area contributed by atoms with Crippen molar-refractivity contribution in [1.29, 1.82) is 0 Å². The Kier molecular flexibility index (Phi) is 3.96. The van der Waals surface area contributed by atoms with Gasteiger partial charge in [-0.05, 0) is 72.6 Å². The molecular weight excluding hydrogens is 353 g/mol. The molecule has 1 aromatic heterocycles. The summed E-state index contributed by atoms with van der Waals surface area (Å²) in [6, 6.07) is 3.32. The lowest BCUT2D eigenvalue weighted by molar-refractivity contribution is 0.121. The van der Waals surface area contributed by atoms with Crippen LogP contribution in [0.4, 0.5) is 4.39 Å². The molecule has 0 radical (unpaired) electrons. The second kappa shape index (κ2) is 5.48. The van der Waals surface area contributed by atoms with Gasteiger partial charge in [0.2, 0.25) is 0 Å². The van der Waals surface area contributed by atoms with Crippen molar-refractivity contribution in [2.75, 3.05) is 20.1 Å². The summed E-state index contributed by atoms with van der Waals surface area (Å²) in [4.78, 5) is 5.54. The van der Waals surface area contributed by atoms with Gasteiger partial charge in [0.1, 0.15) is 5.82 Å². The van der Waals surface area contributed by atoms with Gasteiger partial charge in [-0.2, -0.15) is 0 Å². The third-order valence-electron chi connectivity index (χ3n) is 4.55. The van der Waals surface area contributed by atoms with Crippen LogP contribution < -0.4 is 0 Å². The normalized spacial score (nSPS) is 19.2. The molecule has 6 heteroatoms. The van der Waals surface area contributed by atoms with Crippen molar-refractivity contribution < 1.29 is 4.39 Å². The van der Waals surface area contributed by atoms with Crippen molar-refractivity contribution in [2.45, 2.75) is 26.3 Å². The first-order valence-electron chi connectivity index (χ1n) is 7.14. The number of benzene rings is 1. The Morgan fingerprint density at radius 1 is 1.38 bits per heavy atom. The predicted molar refractivity (Wildman–Crippen MR) is 89.6 cm³/mol. The summed E-state index contributed by atoms with van der Waals surface area (Å²) in [5, 5.41) is 0. The number of H-pyrrole nitrogens is 1. The van der Waals surface area contributed by atoms with Crippen molar-refractivity contribution in [1.82, 2.24) is 14.5 Å². The van der Waals surface area contributed by atoms with E-state index in [2.05, 4.69) is 39.8 Å². The fourth-order valence-corrected chi connectivity index (χ4v) is 3.62. The van der Waals surface area contributed by atoms with Crippen LogP contribution in [-0.4, -0.2) is 34.6 Å². The zero-order valence-corrected chi connectivity index (χ0v) is 14.7. The number of hydrogen-bond acceptors (Lipinski definition) is 2. The highest BCUT2D eigenvalue weighted by Gasteiger charge is 2.30. The zero-order valence-electron chi connectivity index (χ0n) is 12.2. The number of piperidine rings is 1. The molecule has 21 heavy (non-hydrogen) atoms. The van der Waals surface area contributed by atoms with Gasteiger partial charge < -0.3 is 14.5 Å². The molecule has 2 aromatic rings. The minimum atomic E-state index is -0.251. The van der Waals surface area contributed by atoms with Crippen molar-refractivity contribution in [2.24, 2.45) is 5.41 Å². The maximum atomic E-state index is 13.8. The summed E-state index contributed by atoms with van der Waals surface area (Å²) >= 11 is 8.66. The number of halogens is 2. The number of aromatic nitrogens is 2. The fraction of sp³-hybridized carbons (Fsp3) is 0.533. The molecule has 1 fully saturated rings. The Balaban J connectivity index is 1.99. The SMILES string of the molecule is CN1CCC(C)(Cn2c(=S)[nH]c3cc(Br)c(F)cc32)CC1. The highest BCUT2D eigenvalue weighted by Crippen LogP contribution is 2.34. The molecule has 1 saturated heterocycles.